The molecule has 2 heterocycles. The van der Waals surface area contributed by atoms with Crippen molar-refractivity contribution in [2.45, 2.75) is 23.5 Å². The van der Waals surface area contributed by atoms with Gasteiger partial charge in [-0.3, -0.25) is 0 Å². The molecule has 0 saturated heterocycles. The second-order valence-electron chi connectivity index (χ2n) is 3.70. The highest BCUT2D eigenvalue weighted by atomic mass is 32.2. The molecule has 0 saturated carbocycles. The van der Waals surface area contributed by atoms with E-state index in [0.29, 0.717) is 6.54 Å². The fraction of sp³-hybridized carbons (Fsp3) is 0.364. The maximum absolute atomic E-state index is 5.59. The minimum Gasteiger partial charge on any atom is -0.330 e. The number of pyridine rings is 1. The zero-order valence-corrected chi connectivity index (χ0v) is 10.7. The van der Waals surface area contributed by atoms with Crippen LogP contribution in [0.15, 0.2) is 28.5 Å². The molecule has 17 heavy (non-hydrogen) atoms. The first-order valence-electron chi connectivity index (χ1n) is 5.40. The lowest BCUT2D eigenvalue weighted by Gasteiger charge is -2.06. The maximum Gasteiger partial charge on any atom is 0.197 e. The van der Waals surface area contributed by atoms with Crippen molar-refractivity contribution in [3.63, 3.8) is 0 Å². The van der Waals surface area contributed by atoms with E-state index >= 15 is 0 Å². The standard InChI is InChI=1S/C11H15N5S/c1-8-14-15-11(16(8)2)17-10-9(5-6-12)4-3-7-13-10/h3-4,7H,5-6,12H2,1-2H3. The number of aryl methyl sites for hydroxylation is 1. The second-order valence-corrected chi connectivity index (χ2v) is 4.65. The van der Waals surface area contributed by atoms with Gasteiger partial charge in [0.1, 0.15) is 10.9 Å². The van der Waals surface area contributed by atoms with Gasteiger partial charge in [0.05, 0.1) is 0 Å². The Morgan fingerprint density at radius 1 is 1.41 bits per heavy atom. The van der Waals surface area contributed by atoms with Crippen LogP contribution in [-0.2, 0) is 13.5 Å². The van der Waals surface area contributed by atoms with E-state index in [4.69, 9.17) is 5.73 Å². The highest BCUT2D eigenvalue weighted by Gasteiger charge is 2.10. The van der Waals surface area contributed by atoms with Crippen LogP contribution >= 0.6 is 11.8 Å². The van der Waals surface area contributed by atoms with E-state index in [1.54, 1.807) is 6.20 Å². The van der Waals surface area contributed by atoms with E-state index in [1.807, 2.05) is 30.7 Å². The Morgan fingerprint density at radius 2 is 2.24 bits per heavy atom. The first-order valence-corrected chi connectivity index (χ1v) is 6.22. The number of aromatic nitrogens is 4. The van der Waals surface area contributed by atoms with E-state index in [1.165, 1.54) is 11.8 Å². The summed E-state index contributed by atoms with van der Waals surface area (Å²) in [6.45, 7) is 2.55. The maximum atomic E-state index is 5.59. The molecule has 2 aromatic rings. The minimum atomic E-state index is 0.622. The molecule has 0 aliphatic heterocycles. The first kappa shape index (κ1) is 12.1. The molecule has 2 N–H and O–H groups in total. The van der Waals surface area contributed by atoms with Crippen molar-refractivity contribution in [2.24, 2.45) is 12.8 Å². The van der Waals surface area contributed by atoms with Crippen molar-refractivity contribution >= 4 is 11.8 Å². The molecule has 5 nitrogen and oxygen atoms in total. The first-order chi connectivity index (χ1) is 8.22. The van der Waals surface area contributed by atoms with Gasteiger partial charge in [0.2, 0.25) is 0 Å². The van der Waals surface area contributed by atoms with Crippen molar-refractivity contribution in [3.05, 3.63) is 29.7 Å². The highest BCUT2D eigenvalue weighted by Crippen LogP contribution is 2.27. The van der Waals surface area contributed by atoms with E-state index in [9.17, 15) is 0 Å². The van der Waals surface area contributed by atoms with Crippen LogP contribution in [0.3, 0.4) is 0 Å². The van der Waals surface area contributed by atoms with Crippen LogP contribution < -0.4 is 5.73 Å². The summed E-state index contributed by atoms with van der Waals surface area (Å²) in [4.78, 5) is 4.37. The third kappa shape index (κ3) is 2.65. The number of nitrogens with two attached hydrogens (primary N) is 1. The van der Waals surface area contributed by atoms with Crippen LogP contribution in [0.5, 0.6) is 0 Å². The summed E-state index contributed by atoms with van der Waals surface area (Å²) < 4.78 is 1.95. The van der Waals surface area contributed by atoms with E-state index in [2.05, 4.69) is 15.2 Å². The third-order valence-electron chi connectivity index (χ3n) is 2.50. The summed E-state index contributed by atoms with van der Waals surface area (Å²) >= 11 is 1.52. The Bertz CT molecular complexity index is 508. The second kappa shape index (κ2) is 5.29. The van der Waals surface area contributed by atoms with Crippen molar-refractivity contribution in [3.8, 4) is 0 Å². The van der Waals surface area contributed by atoms with Gasteiger partial charge in [-0.1, -0.05) is 6.07 Å². The molecule has 0 radical (unpaired) electrons. The molecule has 0 unspecified atom stereocenters. The molecule has 0 spiro atoms. The summed E-state index contributed by atoms with van der Waals surface area (Å²) in [5.41, 5.74) is 6.74. The van der Waals surface area contributed by atoms with Crippen LogP contribution in [0.2, 0.25) is 0 Å². The number of rotatable bonds is 4. The third-order valence-corrected chi connectivity index (χ3v) is 3.60. The van der Waals surface area contributed by atoms with Gasteiger partial charge < -0.3 is 10.3 Å². The Kier molecular flexibility index (Phi) is 3.75. The molecule has 0 bridgehead atoms. The summed E-state index contributed by atoms with van der Waals surface area (Å²) in [6.07, 6.45) is 2.61. The lowest BCUT2D eigenvalue weighted by molar-refractivity contribution is 0.763. The van der Waals surface area contributed by atoms with E-state index in [-0.39, 0.29) is 0 Å². The summed E-state index contributed by atoms with van der Waals surface area (Å²) in [5.74, 6) is 0.892. The molecule has 0 aromatic carbocycles. The fourth-order valence-electron chi connectivity index (χ4n) is 1.42. The molecular weight excluding hydrogens is 234 g/mol. The molecule has 0 atom stereocenters. The molecule has 0 fully saturated rings. The van der Waals surface area contributed by atoms with Crippen LogP contribution in [0.1, 0.15) is 11.4 Å². The van der Waals surface area contributed by atoms with Gasteiger partial charge in [-0.25, -0.2) is 4.98 Å². The smallest absolute Gasteiger partial charge is 0.197 e. The zero-order chi connectivity index (χ0) is 12.3. The van der Waals surface area contributed by atoms with Crippen molar-refractivity contribution in [1.82, 2.24) is 19.7 Å². The Morgan fingerprint density at radius 3 is 2.88 bits per heavy atom. The predicted octanol–water partition coefficient (Wildman–Crippen LogP) is 1.17. The quantitative estimate of drug-likeness (QED) is 0.881. The fourth-order valence-corrected chi connectivity index (χ4v) is 2.36. The molecule has 2 rings (SSSR count). The molecule has 0 aliphatic carbocycles. The highest BCUT2D eigenvalue weighted by molar-refractivity contribution is 7.99. The Labute approximate surface area is 104 Å². The molecule has 0 aliphatic rings. The van der Waals surface area contributed by atoms with Crippen LogP contribution in [-0.4, -0.2) is 26.3 Å². The topological polar surface area (TPSA) is 69.6 Å². The zero-order valence-electron chi connectivity index (χ0n) is 9.92. The van der Waals surface area contributed by atoms with Crippen molar-refractivity contribution in [2.75, 3.05) is 6.54 Å². The van der Waals surface area contributed by atoms with Crippen molar-refractivity contribution < 1.29 is 0 Å². The lowest BCUT2D eigenvalue weighted by Crippen LogP contribution is -2.04. The molecule has 90 valence electrons. The van der Waals surface area contributed by atoms with Gasteiger partial charge in [0, 0.05) is 13.2 Å². The Hall–Kier alpha value is -1.40. The van der Waals surface area contributed by atoms with E-state index < -0.39 is 0 Å². The van der Waals surface area contributed by atoms with Crippen LogP contribution in [0, 0.1) is 6.92 Å². The molecule has 6 heteroatoms. The lowest BCUT2D eigenvalue weighted by atomic mass is 10.2. The summed E-state index contributed by atoms with van der Waals surface area (Å²) in [6, 6.07) is 3.97. The molecular formula is C11H15N5S. The van der Waals surface area contributed by atoms with Crippen LogP contribution in [0.4, 0.5) is 0 Å². The Balaban J connectivity index is 2.26. The van der Waals surface area contributed by atoms with Gasteiger partial charge in [-0.15, -0.1) is 10.2 Å². The summed E-state index contributed by atoms with van der Waals surface area (Å²) in [5, 5.41) is 9.94. The van der Waals surface area contributed by atoms with Gasteiger partial charge in [0.15, 0.2) is 5.16 Å². The van der Waals surface area contributed by atoms with E-state index in [0.717, 1.165) is 28.0 Å². The SMILES string of the molecule is Cc1nnc(Sc2ncccc2CCN)n1C. The van der Waals surface area contributed by atoms with Gasteiger partial charge in [-0.05, 0) is 43.3 Å². The van der Waals surface area contributed by atoms with Gasteiger partial charge >= 0.3 is 0 Å². The van der Waals surface area contributed by atoms with Gasteiger partial charge in [0.25, 0.3) is 0 Å². The largest absolute Gasteiger partial charge is 0.330 e. The molecule has 0 amide bonds. The van der Waals surface area contributed by atoms with Crippen LogP contribution in [0.25, 0.3) is 0 Å². The number of nitrogens with zero attached hydrogens (tertiary/aromatic N) is 4. The number of hydrogen-bond acceptors (Lipinski definition) is 5. The minimum absolute atomic E-state index is 0.622. The van der Waals surface area contributed by atoms with Crippen molar-refractivity contribution in [1.29, 1.82) is 0 Å². The number of hydrogen-bond donors (Lipinski definition) is 1. The normalized spacial score (nSPS) is 10.8. The predicted molar refractivity (Wildman–Crippen MR) is 66.9 cm³/mol. The summed E-state index contributed by atoms with van der Waals surface area (Å²) in [7, 11) is 1.95. The monoisotopic (exact) mass is 249 g/mol. The molecule has 2 aromatic heterocycles. The average molecular weight is 249 g/mol. The van der Waals surface area contributed by atoms with Gasteiger partial charge in [-0.2, -0.15) is 0 Å². The average Bonchev–Trinajstić information content (AvgIpc) is 2.64.